The van der Waals surface area contributed by atoms with Gasteiger partial charge in [0.1, 0.15) is 11.5 Å². The number of hydrogen-bond acceptors (Lipinski definition) is 3. The highest BCUT2D eigenvalue weighted by Gasteiger charge is 2.04. The number of benzene rings is 2. The molecule has 0 aliphatic rings. The molecule has 0 aliphatic heterocycles. The van der Waals surface area contributed by atoms with E-state index < -0.39 is 0 Å². The molecule has 0 fully saturated rings. The number of carbonyl (C=O) groups excluding carboxylic acids is 1. The smallest absolute Gasteiger partial charge is 0.271 e. The average molecular weight is 369 g/mol. The summed E-state index contributed by atoms with van der Waals surface area (Å²) in [7, 11) is 0. The summed E-state index contributed by atoms with van der Waals surface area (Å²) in [5.74, 6) is 1.05. The predicted molar refractivity (Wildman–Crippen MR) is 93.3 cm³/mol. The Morgan fingerprint density at radius 1 is 1.00 bits per heavy atom. The van der Waals surface area contributed by atoms with Gasteiger partial charge in [-0.25, -0.2) is 5.43 Å². The van der Waals surface area contributed by atoms with Crippen LogP contribution in [0.25, 0.3) is 11.3 Å². The number of nitrogens with one attached hydrogen (secondary N) is 1. The summed E-state index contributed by atoms with van der Waals surface area (Å²) in [4.78, 5) is 11.8. The lowest BCUT2D eigenvalue weighted by molar-refractivity contribution is 0.0955. The van der Waals surface area contributed by atoms with E-state index in [9.17, 15) is 4.79 Å². The third-order valence-corrected chi connectivity index (χ3v) is 3.68. The van der Waals surface area contributed by atoms with Crippen LogP contribution in [0.4, 0.5) is 0 Å². The van der Waals surface area contributed by atoms with E-state index in [-0.39, 0.29) is 5.91 Å². The quantitative estimate of drug-likeness (QED) is 0.545. The second-order valence-corrected chi connectivity index (χ2v) is 5.69. The van der Waals surface area contributed by atoms with Gasteiger partial charge in [-0.1, -0.05) is 46.3 Å². The molecule has 4 nitrogen and oxygen atoms in total. The summed E-state index contributed by atoms with van der Waals surface area (Å²) in [5, 5.41) is 3.91. The molecule has 3 rings (SSSR count). The van der Waals surface area contributed by atoms with Crippen LogP contribution in [0.3, 0.4) is 0 Å². The highest BCUT2D eigenvalue weighted by molar-refractivity contribution is 9.10. The zero-order valence-electron chi connectivity index (χ0n) is 12.1. The number of hydrazone groups is 1. The minimum Gasteiger partial charge on any atom is -0.455 e. The first kappa shape index (κ1) is 15.2. The van der Waals surface area contributed by atoms with Crippen LogP contribution in [0.2, 0.25) is 0 Å². The molecule has 1 N–H and O–H groups in total. The van der Waals surface area contributed by atoms with E-state index in [1.54, 1.807) is 30.3 Å². The van der Waals surface area contributed by atoms with Crippen molar-refractivity contribution in [3.05, 3.63) is 82.5 Å². The summed E-state index contributed by atoms with van der Waals surface area (Å²) in [5.41, 5.74) is 4.00. The Balaban J connectivity index is 1.65. The normalized spacial score (nSPS) is 10.8. The van der Waals surface area contributed by atoms with Gasteiger partial charge in [-0.15, -0.1) is 0 Å². The molecule has 2 aromatic carbocycles. The Labute approximate surface area is 142 Å². The van der Waals surface area contributed by atoms with Crippen LogP contribution in [0.5, 0.6) is 0 Å². The van der Waals surface area contributed by atoms with Crippen molar-refractivity contribution >= 4 is 28.1 Å². The summed E-state index contributed by atoms with van der Waals surface area (Å²) in [6.07, 6.45) is 1.48. The van der Waals surface area contributed by atoms with E-state index in [0.29, 0.717) is 11.3 Å². The van der Waals surface area contributed by atoms with Crippen LogP contribution in [-0.2, 0) is 0 Å². The molecule has 5 heteroatoms. The highest BCUT2D eigenvalue weighted by atomic mass is 79.9. The van der Waals surface area contributed by atoms with Gasteiger partial charge in [-0.2, -0.15) is 5.10 Å². The van der Waals surface area contributed by atoms with Gasteiger partial charge in [0.25, 0.3) is 5.91 Å². The molecule has 0 unspecified atom stereocenters. The van der Waals surface area contributed by atoms with Crippen LogP contribution in [0, 0.1) is 0 Å². The summed E-state index contributed by atoms with van der Waals surface area (Å²) in [6, 6.07) is 20.4. The van der Waals surface area contributed by atoms with Gasteiger partial charge in [0.2, 0.25) is 0 Å². The number of hydrogen-bond donors (Lipinski definition) is 1. The van der Waals surface area contributed by atoms with E-state index in [1.165, 1.54) is 6.21 Å². The number of carbonyl (C=O) groups is 1. The number of rotatable bonds is 4. The molecule has 0 radical (unpaired) electrons. The van der Waals surface area contributed by atoms with E-state index in [4.69, 9.17) is 4.42 Å². The molecule has 23 heavy (non-hydrogen) atoms. The predicted octanol–water partition coefficient (Wildman–Crippen LogP) is 4.47. The summed E-state index contributed by atoms with van der Waals surface area (Å²) >= 11 is 3.40. The third kappa shape index (κ3) is 3.96. The summed E-state index contributed by atoms with van der Waals surface area (Å²) < 4.78 is 6.69. The first-order chi connectivity index (χ1) is 11.2. The van der Waals surface area contributed by atoms with Crippen LogP contribution >= 0.6 is 15.9 Å². The maximum Gasteiger partial charge on any atom is 0.271 e. The van der Waals surface area contributed by atoms with Crippen LogP contribution in [-0.4, -0.2) is 12.1 Å². The molecule has 0 atom stereocenters. The zero-order valence-corrected chi connectivity index (χ0v) is 13.7. The van der Waals surface area contributed by atoms with Crippen molar-refractivity contribution in [2.75, 3.05) is 0 Å². The average Bonchev–Trinajstić information content (AvgIpc) is 3.05. The number of furan rings is 1. The lowest BCUT2D eigenvalue weighted by Gasteiger charge is -1.98. The van der Waals surface area contributed by atoms with Crippen LogP contribution < -0.4 is 5.43 Å². The zero-order chi connectivity index (χ0) is 16.1. The minimum absolute atomic E-state index is 0.262. The monoisotopic (exact) mass is 368 g/mol. The van der Waals surface area contributed by atoms with E-state index >= 15 is 0 Å². The van der Waals surface area contributed by atoms with Gasteiger partial charge in [-0.05, 0) is 36.4 Å². The molecule has 3 aromatic rings. The largest absolute Gasteiger partial charge is 0.455 e. The molecular formula is C18H13BrN2O2. The molecule has 1 aromatic heterocycles. The molecular weight excluding hydrogens is 356 g/mol. The van der Waals surface area contributed by atoms with Crippen molar-refractivity contribution in [1.29, 1.82) is 0 Å². The summed E-state index contributed by atoms with van der Waals surface area (Å²) in [6.45, 7) is 0. The van der Waals surface area contributed by atoms with Gasteiger partial charge in [0, 0.05) is 15.6 Å². The Morgan fingerprint density at radius 2 is 1.74 bits per heavy atom. The van der Waals surface area contributed by atoms with Crippen molar-refractivity contribution in [3.63, 3.8) is 0 Å². The Morgan fingerprint density at radius 3 is 2.48 bits per heavy atom. The SMILES string of the molecule is O=C(NN=Cc1ccc(-c2ccc(Br)cc2)o1)c1ccccc1. The minimum atomic E-state index is -0.262. The molecule has 0 aliphatic carbocycles. The van der Waals surface area contributed by atoms with Crippen LogP contribution in [0.15, 0.2) is 80.7 Å². The third-order valence-electron chi connectivity index (χ3n) is 3.15. The number of halogens is 1. The van der Waals surface area contributed by atoms with Crippen molar-refractivity contribution < 1.29 is 9.21 Å². The van der Waals surface area contributed by atoms with Gasteiger partial charge in [0.05, 0.1) is 6.21 Å². The second-order valence-electron chi connectivity index (χ2n) is 4.77. The van der Waals surface area contributed by atoms with E-state index in [0.717, 1.165) is 15.8 Å². The number of amides is 1. The van der Waals surface area contributed by atoms with Gasteiger partial charge in [0.15, 0.2) is 0 Å². The van der Waals surface area contributed by atoms with Crippen molar-refractivity contribution in [3.8, 4) is 11.3 Å². The second kappa shape index (κ2) is 7.07. The lowest BCUT2D eigenvalue weighted by Crippen LogP contribution is -2.17. The molecule has 0 spiro atoms. The first-order valence-electron chi connectivity index (χ1n) is 6.96. The van der Waals surface area contributed by atoms with Gasteiger partial charge < -0.3 is 4.42 Å². The highest BCUT2D eigenvalue weighted by Crippen LogP contribution is 2.23. The van der Waals surface area contributed by atoms with E-state index in [2.05, 4.69) is 26.5 Å². The van der Waals surface area contributed by atoms with Crippen LogP contribution in [0.1, 0.15) is 16.1 Å². The topological polar surface area (TPSA) is 54.6 Å². The lowest BCUT2D eigenvalue weighted by atomic mass is 10.2. The fraction of sp³-hybridized carbons (Fsp3) is 0. The molecule has 114 valence electrons. The number of nitrogens with zero attached hydrogens (tertiary/aromatic N) is 1. The van der Waals surface area contributed by atoms with E-state index in [1.807, 2.05) is 36.4 Å². The fourth-order valence-corrected chi connectivity index (χ4v) is 2.26. The maximum absolute atomic E-state index is 11.8. The first-order valence-corrected chi connectivity index (χ1v) is 7.76. The van der Waals surface area contributed by atoms with Crippen molar-refractivity contribution in [2.24, 2.45) is 5.10 Å². The van der Waals surface area contributed by atoms with Gasteiger partial charge >= 0.3 is 0 Å². The molecule has 1 heterocycles. The molecule has 0 saturated carbocycles. The Hall–Kier alpha value is -2.66. The maximum atomic E-state index is 11.8. The fourth-order valence-electron chi connectivity index (χ4n) is 2.00. The standard InChI is InChI=1S/C18H13BrN2O2/c19-15-8-6-13(7-9-15)17-11-10-16(23-17)12-20-21-18(22)14-4-2-1-3-5-14/h1-12H,(H,21,22). The van der Waals surface area contributed by atoms with Gasteiger partial charge in [-0.3, -0.25) is 4.79 Å². The van der Waals surface area contributed by atoms with Crippen molar-refractivity contribution in [1.82, 2.24) is 5.43 Å². The molecule has 0 saturated heterocycles. The Bertz CT molecular complexity index is 824. The molecule has 1 amide bonds. The van der Waals surface area contributed by atoms with Crippen molar-refractivity contribution in [2.45, 2.75) is 0 Å². The Kier molecular flexibility index (Phi) is 4.68. The molecule has 0 bridgehead atoms.